The third-order valence-electron chi connectivity index (χ3n) is 9.36. The lowest BCUT2D eigenvalue weighted by atomic mass is 9.71. The number of ether oxygens (including phenoxy) is 1. The SMILES string of the molecule is CCCCCC1CCC(/C=C/C2CCC(C3C=CC(c4ccc(OCC)c(F)c4F)CC3)CC2)CC1. The molecule has 4 rings (SSSR count). The zero-order valence-electron chi connectivity index (χ0n) is 22.7. The molecular weight excluding hydrogens is 450 g/mol. The van der Waals surface area contributed by atoms with Crippen molar-refractivity contribution < 1.29 is 13.5 Å². The summed E-state index contributed by atoms with van der Waals surface area (Å²) in [5.74, 6) is 2.27. The summed E-state index contributed by atoms with van der Waals surface area (Å²) in [6.45, 7) is 4.41. The largest absolute Gasteiger partial charge is 0.491 e. The van der Waals surface area contributed by atoms with Crippen LogP contribution < -0.4 is 4.74 Å². The molecule has 1 aromatic carbocycles. The fourth-order valence-electron chi connectivity index (χ4n) is 7.03. The minimum absolute atomic E-state index is 0.0114. The van der Waals surface area contributed by atoms with E-state index >= 15 is 0 Å². The van der Waals surface area contributed by atoms with Gasteiger partial charge in [0.05, 0.1) is 6.61 Å². The van der Waals surface area contributed by atoms with E-state index in [9.17, 15) is 8.78 Å². The smallest absolute Gasteiger partial charge is 0.200 e. The summed E-state index contributed by atoms with van der Waals surface area (Å²) in [4.78, 5) is 0. The van der Waals surface area contributed by atoms with Gasteiger partial charge in [-0.2, -0.15) is 4.39 Å². The van der Waals surface area contributed by atoms with Gasteiger partial charge in [0.15, 0.2) is 11.6 Å². The van der Waals surface area contributed by atoms with Crippen molar-refractivity contribution in [3.8, 4) is 5.75 Å². The molecule has 36 heavy (non-hydrogen) atoms. The van der Waals surface area contributed by atoms with E-state index in [1.165, 1.54) is 77.0 Å². The van der Waals surface area contributed by atoms with E-state index in [1.807, 2.05) is 0 Å². The molecule has 0 spiro atoms. The van der Waals surface area contributed by atoms with Gasteiger partial charge in [0, 0.05) is 5.92 Å². The Balaban J connectivity index is 1.20. The fourth-order valence-corrected chi connectivity index (χ4v) is 7.03. The molecule has 1 aromatic rings. The van der Waals surface area contributed by atoms with Gasteiger partial charge in [0.2, 0.25) is 5.82 Å². The first-order chi connectivity index (χ1) is 17.6. The predicted octanol–water partition coefficient (Wildman–Crippen LogP) is 10.2. The van der Waals surface area contributed by atoms with Gasteiger partial charge in [-0.3, -0.25) is 0 Å². The molecule has 3 aliphatic carbocycles. The molecule has 200 valence electrons. The van der Waals surface area contributed by atoms with Crippen molar-refractivity contribution in [2.24, 2.45) is 29.6 Å². The number of halogens is 2. The van der Waals surface area contributed by atoms with Gasteiger partial charge in [-0.15, -0.1) is 0 Å². The van der Waals surface area contributed by atoms with Crippen LogP contribution in [0.1, 0.15) is 115 Å². The van der Waals surface area contributed by atoms with Crippen molar-refractivity contribution in [3.63, 3.8) is 0 Å². The highest BCUT2D eigenvalue weighted by atomic mass is 19.2. The Morgan fingerprint density at radius 1 is 0.778 bits per heavy atom. The third kappa shape index (κ3) is 7.23. The van der Waals surface area contributed by atoms with Gasteiger partial charge < -0.3 is 4.74 Å². The highest BCUT2D eigenvalue weighted by molar-refractivity contribution is 5.35. The van der Waals surface area contributed by atoms with Crippen molar-refractivity contribution >= 4 is 0 Å². The summed E-state index contributed by atoms with van der Waals surface area (Å²) in [7, 11) is 0. The van der Waals surface area contributed by atoms with Crippen LogP contribution in [0.3, 0.4) is 0 Å². The second-order valence-electron chi connectivity index (χ2n) is 11.8. The molecule has 0 amide bonds. The van der Waals surface area contributed by atoms with Crippen LogP contribution in [-0.4, -0.2) is 6.61 Å². The number of benzene rings is 1. The topological polar surface area (TPSA) is 9.23 Å². The average molecular weight is 499 g/mol. The zero-order chi connectivity index (χ0) is 25.3. The van der Waals surface area contributed by atoms with E-state index in [4.69, 9.17) is 4.74 Å². The summed E-state index contributed by atoms with van der Waals surface area (Å²) in [5, 5.41) is 0. The Bertz CT molecular complexity index is 859. The van der Waals surface area contributed by atoms with Crippen molar-refractivity contribution in [1.82, 2.24) is 0 Å². The second kappa shape index (κ2) is 13.8. The minimum Gasteiger partial charge on any atom is -0.491 e. The molecule has 3 aliphatic rings. The first-order valence-electron chi connectivity index (χ1n) is 15.1. The molecule has 0 saturated heterocycles. The van der Waals surface area contributed by atoms with Crippen molar-refractivity contribution in [2.75, 3.05) is 6.61 Å². The summed E-state index contributed by atoms with van der Waals surface area (Å²) in [6, 6.07) is 3.28. The van der Waals surface area contributed by atoms with E-state index in [1.54, 1.807) is 19.1 Å². The lowest BCUT2D eigenvalue weighted by molar-refractivity contribution is 0.235. The van der Waals surface area contributed by atoms with Gasteiger partial charge in [0.25, 0.3) is 0 Å². The zero-order valence-corrected chi connectivity index (χ0v) is 22.7. The number of hydrogen-bond donors (Lipinski definition) is 0. The van der Waals surface area contributed by atoms with E-state index in [-0.39, 0.29) is 11.7 Å². The van der Waals surface area contributed by atoms with Crippen LogP contribution in [0.4, 0.5) is 8.78 Å². The molecule has 0 radical (unpaired) electrons. The predicted molar refractivity (Wildman–Crippen MR) is 146 cm³/mol. The van der Waals surface area contributed by atoms with E-state index in [0.29, 0.717) is 18.1 Å². The fraction of sp³-hybridized carbons (Fsp3) is 0.697. The Morgan fingerprint density at radius 2 is 1.47 bits per heavy atom. The third-order valence-corrected chi connectivity index (χ3v) is 9.36. The molecule has 2 fully saturated rings. The number of hydrogen-bond acceptors (Lipinski definition) is 1. The normalized spacial score (nSPS) is 31.1. The van der Waals surface area contributed by atoms with Crippen LogP contribution in [0.25, 0.3) is 0 Å². The summed E-state index contributed by atoms with van der Waals surface area (Å²) in [6.07, 6.45) is 28.0. The van der Waals surface area contributed by atoms with Crippen molar-refractivity contribution in [1.29, 1.82) is 0 Å². The lowest BCUT2D eigenvalue weighted by Gasteiger charge is -2.34. The van der Waals surface area contributed by atoms with Crippen LogP contribution >= 0.6 is 0 Å². The molecule has 1 nitrogen and oxygen atoms in total. The molecule has 2 saturated carbocycles. The first kappa shape index (κ1) is 27.4. The molecule has 2 unspecified atom stereocenters. The van der Waals surface area contributed by atoms with Crippen molar-refractivity contribution in [3.05, 3.63) is 53.6 Å². The maximum atomic E-state index is 14.7. The second-order valence-corrected chi connectivity index (χ2v) is 11.8. The van der Waals surface area contributed by atoms with Crippen molar-refractivity contribution in [2.45, 2.75) is 110 Å². The highest BCUT2D eigenvalue weighted by Gasteiger charge is 2.30. The van der Waals surface area contributed by atoms with Crippen LogP contribution in [0.5, 0.6) is 5.75 Å². The Kier molecular flexibility index (Phi) is 10.5. The van der Waals surface area contributed by atoms with Crippen LogP contribution in [0.2, 0.25) is 0 Å². The standard InChI is InChI=1S/C33H48F2O/c1-3-5-6-7-24-8-10-25(11-9-24)12-13-26-14-16-27(17-15-26)28-18-20-29(21-19-28)30-22-23-31(36-4-2)33(35)32(30)34/h12-13,18,20,22-29H,3-11,14-17,19,21H2,1-2H3/b13-12+. The van der Waals surface area contributed by atoms with E-state index in [2.05, 4.69) is 31.2 Å². The van der Waals surface area contributed by atoms with Gasteiger partial charge in [-0.25, -0.2) is 4.39 Å². The molecule has 2 atom stereocenters. The molecule has 0 heterocycles. The Morgan fingerprint density at radius 3 is 2.08 bits per heavy atom. The number of allylic oxidation sites excluding steroid dienone is 4. The van der Waals surface area contributed by atoms with Gasteiger partial charge in [0.1, 0.15) is 0 Å². The summed E-state index contributed by atoms with van der Waals surface area (Å²) in [5.41, 5.74) is 0.467. The molecule has 0 aliphatic heterocycles. The molecular formula is C33H48F2O. The van der Waals surface area contributed by atoms with Crippen LogP contribution in [-0.2, 0) is 0 Å². The van der Waals surface area contributed by atoms with E-state index in [0.717, 1.165) is 36.5 Å². The van der Waals surface area contributed by atoms with Crippen LogP contribution in [0, 0.1) is 41.2 Å². The summed E-state index contributed by atoms with van der Waals surface area (Å²) >= 11 is 0. The Hall–Kier alpha value is -1.64. The lowest BCUT2D eigenvalue weighted by Crippen LogP contribution is -2.22. The maximum absolute atomic E-state index is 14.7. The molecule has 0 aromatic heterocycles. The average Bonchev–Trinajstić information content (AvgIpc) is 2.92. The maximum Gasteiger partial charge on any atom is 0.200 e. The summed E-state index contributed by atoms with van der Waals surface area (Å²) < 4.78 is 34.2. The van der Waals surface area contributed by atoms with Gasteiger partial charge >= 0.3 is 0 Å². The monoisotopic (exact) mass is 498 g/mol. The minimum atomic E-state index is -0.851. The van der Waals surface area contributed by atoms with Crippen LogP contribution in [0.15, 0.2) is 36.4 Å². The molecule has 0 bridgehead atoms. The van der Waals surface area contributed by atoms with E-state index < -0.39 is 11.6 Å². The first-order valence-corrected chi connectivity index (χ1v) is 15.1. The van der Waals surface area contributed by atoms with Gasteiger partial charge in [-0.05, 0) is 112 Å². The highest BCUT2D eigenvalue weighted by Crippen LogP contribution is 2.42. The number of rotatable bonds is 10. The molecule has 3 heteroatoms. The van der Waals surface area contributed by atoms with Gasteiger partial charge in [-0.1, -0.05) is 63.0 Å². The quantitative estimate of drug-likeness (QED) is 0.230. The number of unbranched alkanes of at least 4 members (excludes halogenated alkanes) is 2. The molecule has 0 N–H and O–H groups in total. The Labute approximate surface area is 218 Å².